The van der Waals surface area contributed by atoms with Gasteiger partial charge in [-0.2, -0.15) is 4.31 Å². The molecule has 0 aliphatic carbocycles. The van der Waals surface area contributed by atoms with Crippen molar-refractivity contribution in [1.29, 1.82) is 0 Å². The molecule has 0 unspecified atom stereocenters. The Labute approximate surface area is 128 Å². The zero-order valence-corrected chi connectivity index (χ0v) is 13.5. The Hall–Kier alpha value is -0.990. The Kier molecular flexibility index (Phi) is 4.28. The maximum atomic E-state index is 13.0. The lowest BCUT2D eigenvalue weighted by Crippen LogP contribution is -2.40. The van der Waals surface area contributed by atoms with Gasteiger partial charge in [0.2, 0.25) is 10.0 Å². The van der Waals surface area contributed by atoms with Gasteiger partial charge in [-0.05, 0) is 13.1 Å². The van der Waals surface area contributed by atoms with E-state index in [1.807, 2.05) is 31.3 Å². The molecule has 5 nitrogen and oxygen atoms in total. The summed E-state index contributed by atoms with van der Waals surface area (Å²) in [5, 5.41) is 3.88. The van der Waals surface area contributed by atoms with Crippen LogP contribution in [0, 0.1) is 0 Å². The van der Waals surface area contributed by atoms with E-state index in [1.54, 1.807) is 0 Å². The molecule has 1 aliphatic rings. The van der Waals surface area contributed by atoms with E-state index in [9.17, 15) is 8.42 Å². The van der Waals surface area contributed by atoms with Crippen LogP contribution in [0.3, 0.4) is 0 Å². The van der Waals surface area contributed by atoms with Gasteiger partial charge in [-0.15, -0.1) is 11.3 Å². The smallest absolute Gasteiger partial charge is 0.245 e. The van der Waals surface area contributed by atoms with E-state index in [0.29, 0.717) is 37.7 Å². The first kappa shape index (κ1) is 14.9. The van der Waals surface area contributed by atoms with Crippen LogP contribution in [0.1, 0.15) is 4.88 Å². The van der Waals surface area contributed by atoms with Crippen LogP contribution >= 0.6 is 11.3 Å². The molecule has 0 spiro atoms. The van der Waals surface area contributed by atoms with E-state index in [1.165, 1.54) is 15.6 Å². The predicted molar refractivity (Wildman–Crippen MR) is 84.2 cm³/mol. The van der Waals surface area contributed by atoms with Crippen molar-refractivity contribution in [3.05, 3.63) is 29.1 Å². The van der Waals surface area contributed by atoms with E-state index in [2.05, 4.69) is 5.32 Å². The van der Waals surface area contributed by atoms with E-state index in [4.69, 9.17) is 4.74 Å². The lowest BCUT2D eigenvalue weighted by atomic mass is 10.2. The molecule has 1 saturated heterocycles. The minimum absolute atomic E-state index is 0.422. The molecule has 7 heteroatoms. The molecule has 21 heavy (non-hydrogen) atoms. The molecule has 1 N–H and O–H groups in total. The zero-order chi connectivity index (χ0) is 14.9. The molecule has 2 aromatic rings. The summed E-state index contributed by atoms with van der Waals surface area (Å²) in [6, 6.07) is 7.68. The number of rotatable bonds is 4. The summed E-state index contributed by atoms with van der Waals surface area (Å²) in [6.45, 7) is 2.32. The molecule has 0 saturated carbocycles. The van der Waals surface area contributed by atoms with Gasteiger partial charge in [0.1, 0.15) is 4.90 Å². The molecule has 3 rings (SSSR count). The quantitative estimate of drug-likeness (QED) is 0.928. The Morgan fingerprint density at radius 2 is 2.00 bits per heavy atom. The van der Waals surface area contributed by atoms with Crippen LogP contribution in [0.2, 0.25) is 0 Å². The van der Waals surface area contributed by atoms with Crippen LogP contribution in [0.25, 0.3) is 10.1 Å². The number of nitrogens with zero attached hydrogens (tertiary/aromatic N) is 1. The van der Waals surface area contributed by atoms with Crippen molar-refractivity contribution in [2.24, 2.45) is 0 Å². The molecule has 0 atom stereocenters. The summed E-state index contributed by atoms with van der Waals surface area (Å²) in [7, 11) is -1.65. The first-order valence-electron chi connectivity index (χ1n) is 6.87. The van der Waals surface area contributed by atoms with Crippen molar-refractivity contribution >= 4 is 31.4 Å². The van der Waals surface area contributed by atoms with Gasteiger partial charge in [0.25, 0.3) is 0 Å². The van der Waals surface area contributed by atoms with Gasteiger partial charge in [-0.25, -0.2) is 8.42 Å². The fourth-order valence-electron chi connectivity index (χ4n) is 2.55. The van der Waals surface area contributed by atoms with E-state index >= 15 is 0 Å². The Balaban J connectivity index is 2.15. The lowest BCUT2D eigenvalue weighted by molar-refractivity contribution is 0.0730. The maximum absolute atomic E-state index is 13.0. The van der Waals surface area contributed by atoms with Gasteiger partial charge in [-0.1, -0.05) is 18.2 Å². The van der Waals surface area contributed by atoms with E-state index in [0.717, 1.165) is 15.0 Å². The third-order valence-electron chi connectivity index (χ3n) is 3.52. The van der Waals surface area contributed by atoms with Crippen molar-refractivity contribution in [3.63, 3.8) is 0 Å². The predicted octanol–water partition coefficient (Wildman–Crippen LogP) is 1.64. The molecular weight excluding hydrogens is 308 g/mol. The van der Waals surface area contributed by atoms with Gasteiger partial charge in [0.05, 0.1) is 13.2 Å². The molecule has 1 aromatic carbocycles. The average molecular weight is 326 g/mol. The van der Waals surface area contributed by atoms with Crippen molar-refractivity contribution in [2.75, 3.05) is 33.4 Å². The number of morpholine rings is 1. The molecule has 1 aromatic heterocycles. The highest BCUT2D eigenvalue weighted by Crippen LogP contribution is 2.36. The topological polar surface area (TPSA) is 58.6 Å². The number of ether oxygens (including phenoxy) is 1. The second-order valence-electron chi connectivity index (χ2n) is 4.90. The number of fused-ring (bicyclic) bond motifs is 1. The van der Waals surface area contributed by atoms with Crippen LogP contribution in [0.5, 0.6) is 0 Å². The van der Waals surface area contributed by atoms with Gasteiger partial charge >= 0.3 is 0 Å². The van der Waals surface area contributed by atoms with Crippen LogP contribution in [0.15, 0.2) is 29.2 Å². The van der Waals surface area contributed by atoms with E-state index in [-0.39, 0.29) is 0 Å². The second kappa shape index (κ2) is 6.02. The summed E-state index contributed by atoms with van der Waals surface area (Å²) in [5.41, 5.74) is 0. The Bertz CT molecular complexity index is 734. The number of benzene rings is 1. The number of hydrogen-bond donors (Lipinski definition) is 1. The summed E-state index contributed by atoms with van der Waals surface area (Å²) in [6.07, 6.45) is 0. The summed E-state index contributed by atoms with van der Waals surface area (Å²) in [4.78, 5) is 1.32. The molecule has 1 aliphatic heterocycles. The monoisotopic (exact) mass is 326 g/mol. The first-order chi connectivity index (χ1) is 10.1. The number of thiophene rings is 1. The highest BCUT2D eigenvalue weighted by Gasteiger charge is 2.31. The summed E-state index contributed by atoms with van der Waals surface area (Å²) < 4.78 is 33.8. The van der Waals surface area contributed by atoms with Crippen LogP contribution in [-0.4, -0.2) is 46.1 Å². The van der Waals surface area contributed by atoms with Gasteiger partial charge in [0, 0.05) is 34.6 Å². The Morgan fingerprint density at radius 3 is 2.71 bits per heavy atom. The SMILES string of the molecule is CNCc1sc2ccccc2c1S(=O)(=O)N1CCOCC1. The van der Waals surface area contributed by atoms with Crippen LogP contribution in [-0.2, 0) is 21.3 Å². The third kappa shape index (κ3) is 2.72. The van der Waals surface area contributed by atoms with E-state index < -0.39 is 10.0 Å². The lowest BCUT2D eigenvalue weighted by Gasteiger charge is -2.26. The van der Waals surface area contributed by atoms with Gasteiger partial charge < -0.3 is 10.1 Å². The van der Waals surface area contributed by atoms with Crippen molar-refractivity contribution in [1.82, 2.24) is 9.62 Å². The molecule has 1 fully saturated rings. The van der Waals surface area contributed by atoms with Crippen molar-refractivity contribution in [2.45, 2.75) is 11.4 Å². The fourth-order valence-corrected chi connectivity index (χ4v) is 5.87. The minimum Gasteiger partial charge on any atom is -0.379 e. The number of hydrogen-bond acceptors (Lipinski definition) is 5. The standard InChI is InChI=1S/C14H18N2O3S2/c1-15-10-13-14(11-4-2-3-5-12(11)20-13)21(17,18)16-6-8-19-9-7-16/h2-5,15H,6-10H2,1H3. The zero-order valence-electron chi connectivity index (χ0n) is 11.8. The van der Waals surface area contributed by atoms with Crippen molar-refractivity contribution < 1.29 is 13.2 Å². The third-order valence-corrected chi connectivity index (χ3v) is 6.85. The second-order valence-corrected chi connectivity index (χ2v) is 7.91. The molecule has 114 valence electrons. The average Bonchev–Trinajstić information content (AvgIpc) is 2.87. The molecule has 2 heterocycles. The largest absolute Gasteiger partial charge is 0.379 e. The van der Waals surface area contributed by atoms with Crippen LogP contribution < -0.4 is 5.32 Å². The van der Waals surface area contributed by atoms with Gasteiger partial charge in [0.15, 0.2) is 0 Å². The molecule has 0 bridgehead atoms. The number of nitrogens with one attached hydrogen (secondary N) is 1. The highest BCUT2D eigenvalue weighted by molar-refractivity contribution is 7.89. The molecule has 0 radical (unpaired) electrons. The maximum Gasteiger partial charge on any atom is 0.245 e. The van der Waals surface area contributed by atoms with Gasteiger partial charge in [-0.3, -0.25) is 0 Å². The normalized spacial score (nSPS) is 17.4. The molecule has 0 amide bonds. The number of sulfonamides is 1. The van der Waals surface area contributed by atoms with Crippen molar-refractivity contribution in [3.8, 4) is 0 Å². The van der Waals surface area contributed by atoms with Crippen LogP contribution in [0.4, 0.5) is 0 Å². The molecular formula is C14H18N2O3S2. The fraction of sp³-hybridized carbons (Fsp3) is 0.429. The summed E-state index contributed by atoms with van der Waals surface area (Å²) >= 11 is 1.54. The minimum atomic E-state index is -3.47. The summed E-state index contributed by atoms with van der Waals surface area (Å²) in [5.74, 6) is 0. The first-order valence-corrected chi connectivity index (χ1v) is 9.13. The Morgan fingerprint density at radius 1 is 1.29 bits per heavy atom. The highest BCUT2D eigenvalue weighted by atomic mass is 32.2.